The van der Waals surface area contributed by atoms with Crippen LogP contribution < -0.4 is 5.32 Å². The third-order valence-corrected chi connectivity index (χ3v) is 2.91. The Kier molecular flexibility index (Phi) is 4.10. The molecule has 0 radical (unpaired) electrons. The molecular formula is C14H18FN3. The van der Waals surface area contributed by atoms with Crippen molar-refractivity contribution in [2.75, 3.05) is 0 Å². The van der Waals surface area contributed by atoms with Gasteiger partial charge in [-0.3, -0.25) is 4.68 Å². The van der Waals surface area contributed by atoms with Gasteiger partial charge in [-0.1, -0.05) is 12.1 Å². The maximum Gasteiger partial charge on any atom is 0.123 e. The van der Waals surface area contributed by atoms with Crippen molar-refractivity contribution in [2.45, 2.75) is 33.5 Å². The Bertz CT molecular complexity index is 520. The zero-order valence-electron chi connectivity index (χ0n) is 10.8. The number of hydrogen-bond acceptors (Lipinski definition) is 2. The minimum absolute atomic E-state index is 0.190. The van der Waals surface area contributed by atoms with Crippen molar-refractivity contribution in [3.8, 4) is 0 Å². The van der Waals surface area contributed by atoms with E-state index in [-0.39, 0.29) is 5.82 Å². The van der Waals surface area contributed by atoms with Crippen molar-refractivity contribution in [3.05, 3.63) is 53.1 Å². The molecule has 1 aromatic carbocycles. The Labute approximate surface area is 107 Å². The van der Waals surface area contributed by atoms with Crippen LogP contribution in [0, 0.1) is 12.7 Å². The van der Waals surface area contributed by atoms with Crippen LogP contribution in [0.4, 0.5) is 4.39 Å². The molecule has 0 bridgehead atoms. The highest BCUT2D eigenvalue weighted by Crippen LogP contribution is 2.07. The highest BCUT2D eigenvalue weighted by Gasteiger charge is 2.03. The zero-order valence-corrected chi connectivity index (χ0v) is 10.8. The summed E-state index contributed by atoms with van der Waals surface area (Å²) in [7, 11) is 0. The molecule has 96 valence electrons. The first-order valence-corrected chi connectivity index (χ1v) is 6.17. The maximum atomic E-state index is 13.0. The molecule has 1 N–H and O–H groups in total. The Morgan fingerprint density at radius 1 is 1.33 bits per heavy atom. The van der Waals surface area contributed by atoms with Gasteiger partial charge in [0.05, 0.1) is 5.69 Å². The number of rotatable bonds is 5. The van der Waals surface area contributed by atoms with Gasteiger partial charge in [0.2, 0.25) is 0 Å². The van der Waals surface area contributed by atoms with Crippen LogP contribution in [-0.4, -0.2) is 9.78 Å². The normalized spacial score (nSPS) is 10.8. The fraction of sp³-hybridized carbons (Fsp3) is 0.357. The van der Waals surface area contributed by atoms with E-state index in [1.54, 1.807) is 12.1 Å². The lowest BCUT2D eigenvalue weighted by Gasteiger charge is -2.04. The number of nitrogens with zero attached hydrogens (tertiary/aromatic N) is 2. The highest BCUT2D eigenvalue weighted by atomic mass is 19.1. The molecule has 2 aromatic rings. The third-order valence-electron chi connectivity index (χ3n) is 2.91. The van der Waals surface area contributed by atoms with Crippen molar-refractivity contribution in [3.63, 3.8) is 0 Å². The van der Waals surface area contributed by atoms with Gasteiger partial charge in [-0.15, -0.1) is 0 Å². The molecule has 0 amide bonds. The molecule has 18 heavy (non-hydrogen) atoms. The molecule has 0 aliphatic rings. The predicted octanol–water partition coefficient (Wildman–Crippen LogP) is 2.64. The van der Waals surface area contributed by atoms with Crippen LogP contribution in [0.3, 0.4) is 0 Å². The van der Waals surface area contributed by atoms with Gasteiger partial charge >= 0.3 is 0 Å². The summed E-state index contributed by atoms with van der Waals surface area (Å²) < 4.78 is 14.9. The average Bonchev–Trinajstić information content (AvgIpc) is 2.71. The van der Waals surface area contributed by atoms with Gasteiger partial charge in [-0.05, 0) is 31.5 Å². The minimum Gasteiger partial charge on any atom is -0.308 e. The molecular weight excluding hydrogens is 229 g/mol. The Morgan fingerprint density at radius 3 is 2.83 bits per heavy atom. The van der Waals surface area contributed by atoms with E-state index in [4.69, 9.17) is 0 Å². The Morgan fingerprint density at radius 2 is 2.17 bits per heavy atom. The number of nitrogens with one attached hydrogen (secondary N) is 1. The van der Waals surface area contributed by atoms with Gasteiger partial charge in [0, 0.05) is 31.4 Å². The molecule has 2 rings (SSSR count). The summed E-state index contributed by atoms with van der Waals surface area (Å²) in [6.07, 6.45) is 2.05. The molecule has 0 aliphatic carbocycles. The fourth-order valence-electron chi connectivity index (χ4n) is 1.88. The van der Waals surface area contributed by atoms with Crippen LogP contribution in [0.5, 0.6) is 0 Å². The average molecular weight is 247 g/mol. The summed E-state index contributed by atoms with van der Waals surface area (Å²) in [5.74, 6) is -0.190. The number of benzene rings is 1. The van der Waals surface area contributed by atoms with Gasteiger partial charge in [-0.2, -0.15) is 5.10 Å². The molecule has 0 saturated heterocycles. The predicted molar refractivity (Wildman–Crippen MR) is 69.6 cm³/mol. The molecule has 3 nitrogen and oxygen atoms in total. The second kappa shape index (κ2) is 5.78. The number of aryl methyl sites for hydroxylation is 2. The van der Waals surface area contributed by atoms with Gasteiger partial charge < -0.3 is 5.32 Å². The van der Waals surface area contributed by atoms with Gasteiger partial charge in [0.25, 0.3) is 0 Å². The first kappa shape index (κ1) is 12.8. The topological polar surface area (TPSA) is 29.9 Å². The van der Waals surface area contributed by atoms with Crippen molar-refractivity contribution in [1.82, 2.24) is 15.1 Å². The van der Waals surface area contributed by atoms with E-state index in [2.05, 4.69) is 17.3 Å². The first-order valence-electron chi connectivity index (χ1n) is 6.17. The van der Waals surface area contributed by atoms with Gasteiger partial charge in [0.15, 0.2) is 0 Å². The Hall–Kier alpha value is -1.68. The quantitative estimate of drug-likeness (QED) is 0.880. The molecule has 0 fully saturated rings. The van der Waals surface area contributed by atoms with E-state index in [0.717, 1.165) is 24.3 Å². The molecule has 0 unspecified atom stereocenters. The standard InChI is InChI=1S/C14H18FN3/c1-3-18-10-13(11(2)17-18)9-16-8-12-5-4-6-14(15)7-12/h4-7,10,16H,3,8-9H2,1-2H3. The summed E-state index contributed by atoms with van der Waals surface area (Å²) in [6.45, 7) is 6.36. The Balaban J connectivity index is 1.90. The second-order valence-electron chi connectivity index (χ2n) is 4.33. The molecule has 0 atom stereocenters. The summed E-state index contributed by atoms with van der Waals surface area (Å²) in [6, 6.07) is 6.65. The number of aromatic nitrogens is 2. The molecule has 1 heterocycles. The molecule has 0 aliphatic heterocycles. The summed E-state index contributed by atoms with van der Waals surface area (Å²) in [4.78, 5) is 0. The van der Waals surface area contributed by atoms with E-state index in [1.165, 1.54) is 11.6 Å². The summed E-state index contributed by atoms with van der Waals surface area (Å²) in [5, 5.41) is 7.69. The largest absolute Gasteiger partial charge is 0.308 e. The minimum atomic E-state index is -0.190. The van der Waals surface area contributed by atoms with Crippen molar-refractivity contribution in [2.24, 2.45) is 0 Å². The van der Waals surface area contributed by atoms with E-state index in [0.29, 0.717) is 6.54 Å². The van der Waals surface area contributed by atoms with Crippen LogP contribution in [0.2, 0.25) is 0 Å². The van der Waals surface area contributed by atoms with E-state index < -0.39 is 0 Å². The van der Waals surface area contributed by atoms with Crippen molar-refractivity contribution < 1.29 is 4.39 Å². The van der Waals surface area contributed by atoms with Crippen molar-refractivity contribution >= 4 is 0 Å². The third kappa shape index (κ3) is 3.17. The van der Waals surface area contributed by atoms with E-state index in [9.17, 15) is 4.39 Å². The van der Waals surface area contributed by atoms with Gasteiger partial charge in [-0.25, -0.2) is 4.39 Å². The number of halogens is 1. The first-order chi connectivity index (χ1) is 8.69. The van der Waals surface area contributed by atoms with E-state index >= 15 is 0 Å². The van der Waals surface area contributed by atoms with Crippen LogP contribution in [-0.2, 0) is 19.6 Å². The highest BCUT2D eigenvalue weighted by molar-refractivity contribution is 5.18. The van der Waals surface area contributed by atoms with Gasteiger partial charge in [0.1, 0.15) is 5.82 Å². The monoisotopic (exact) mass is 247 g/mol. The van der Waals surface area contributed by atoms with Crippen LogP contribution in [0.15, 0.2) is 30.5 Å². The lowest BCUT2D eigenvalue weighted by Crippen LogP contribution is -2.13. The van der Waals surface area contributed by atoms with E-state index in [1.807, 2.05) is 23.9 Å². The smallest absolute Gasteiger partial charge is 0.123 e. The zero-order chi connectivity index (χ0) is 13.0. The van der Waals surface area contributed by atoms with Crippen molar-refractivity contribution in [1.29, 1.82) is 0 Å². The SMILES string of the molecule is CCn1cc(CNCc2cccc(F)c2)c(C)n1. The second-order valence-corrected chi connectivity index (χ2v) is 4.33. The lowest BCUT2D eigenvalue weighted by molar-refractivity contribution is 0.620. The van der Waals surface area contributed by atoms with Crippen LogP contribution >= 0.6 is 0 Å². The van der Waals surface area contributed by atoms with Crippen LogP contribution in [0.1, 0.15) is 23.7 Å². The lowest BCUT2D eigenvalue weighted by atomic mass is 10.2. The fourth-order valence-corrected chi connectivity index (χ4v) is 1.88. The number of hydrogen-bond donors (Lipinski definition) is 1. The molecule has 1 aromatic heterocycles. The van der Waals surface area contributed by atoms with Crippen LogP contribution in [0.25, 0.3) is 0 Å². The molecule has 0 spiro atoms. The summed E-state index contributed by atoms with van der Waals surface area (Å²) >= 11 is 0. The summed E-state index contributed by atoms with van der Waals surface area (Å²) in [5.41, 5.74) is 3.19. The maximum absolute atomic E-state index is 13.0. The molecule has 4 heteroatoms. The molecule has 0 saturated carbocycles.